The molecule has 2 aromatic carbocycles. The van der Waals surface area contributed by atoms with Gasteiger partial charge in [0.15, 0.2) is 0 Å². The molecular formula is C25H26N4O5. The number of carboxylic acid groups (broad SMARTS) is 1. The van der Waals surface area contributed by atoms with Crippen molar-refractivity contribution in [2.24, 2.45) is 0 Å². The summed E-state index contributed by atoms with van der Waals surface area (Å²) in [5, 5.41) is 15.9. The van der Waals surface area contributed by atoms with Crippen LogP contribution in [-0.4, -0.2) is 57.5 Å². The Hall–Kier alpha value is -4.14. The lowest BCUT2D eigenvalue weighted by Crippen LogP contribution is -2.43. The van der Waals surface area contributed by atoms with Crippen LogP contribution in [0.4, 0.5) is 10.5 Å². The van der Waals surface area contributed by atoms with Crippen LogP contribution in [0.2, 0.25) is 0 Å². The molecule has 0 fully saturated rings. The first-order valence-corrected chi connectivity index (χ1v) is 11.0. The van der Waals surface area contributed by atoms with Gasteiger partial charge in [-0.05, 0) is 28.7 Å². The van der Waals surface area contributed by atoms with Gasteiger partial charge in [-0.1, -0.05) is 55.5 Å². The van der Waals surface area contributed by atoms with Gasteiger partial charge in [0, 0.05) is 19.2 Å². The second-order valence-electron chi connectivity index (χ2n) is 8.14. The highest BCUT2D eigenvalue weighted by atomic mass is 16.5. The molecule has 2 amide bonds. The first-order valence-electron chi connectivity index (χ1n) is 11.0. The average Bonchev–Trinajstić information content (AvgIpc) is 3.39. The Morgan fingerprint density at radius 1 is 1.12 bits per heavy atom. The number of rotatable bonds is 8. The van der Waals surface area contributed by atoms with Crippen molar-refractivity contribution in [3.8, 4) is 11.1 Å². The molecule has 1 aromatic heterocycles. The molecule has 0 saturated heterocycles. The average molecular weight is 463 g/mol. The Morgan fingerprint density at radius 3 is 2.32 bits per heavy atom. The minimum atomic E-state index is -1.06. The zero-order chi connectivity index (χ0) is 24.2. The number of likely N-dealkylation sites (N-methyl/N-ethyl adjacent to an activating group) is 1. The van der Waals surface area contributed by atoms with E-state index in [-0.39, 0.29) is 19.1 Å². The summed E-state index contributed by atoms with van der Waals surface area (Å²) in [7, 11) is 1.45. The molecule has 1 atom stereocenters. The fourth-order valence-corrected chi connectivity index (χ4v) is 4.31. The molecule has 34 heavy (non-hydrogen) atoms. The standard InChI is InChI=1S/C25H26N4O5/c1-3-22(24(31)32)28(2)23(30)14-29-13-16(12-26-29)27-25(33)34-15-21-19-10-6-4-8-17(19)18-9-5-7-11-20(18)21/h4-13,21-22H,3,14-15H2,1-2H3,(H,27,33)(H,31,32). The van der Waals surface area contributed by atoms with Crippen LogP contribution in [0.3, 0.4) is 0 Å². The molecule has 176 valence electrons. The zero-order valence-corrected chi connectivity index (χ0v) is 19.0. The van der Waals surface area contributed by atoms with Crippen molar-refractivity contribution in [1.29, 1.82) is 0 Å². The van der Waals surface area contributed by atoms with E-state index in [1.54, 1.807) is 6.92 Å². The highest BCUT2D eigenvalue weighted by Crippen LogP contribution is 2.44. The Bertz CT molecular complexity index is 1180. The number of anilines is 1. The van der Waals surface area contributed by atoms with Crippen LogP contribution in [-0.2, 0) is 20.9 Å². The van der Waals surface area contributed by atoms with Gasteiger partial charge in [-0.25, -0.2) is 9.59 Å². The van der Waals surface area contributed by atoms with Crippen LogP contribution < -0.4 is 5.32 Å². The number of nitrogens with zero attached hydrogens (tertiary/aromatic N) is 3. The molecule has 9 nitrogen and oxygen atoms in total. The highest BCUT2D eigenvalue weighted by Gasteiger charge is 2.29. The number of amides is 2. The van der Waals surface area contributed by atoms with Crippen molar-refractivity contribution in [1.82, 2.24) is 14.7 Å². The Kier molecular flexibility index (Phi) is 6.62. The van der Waals surface area contributed by atoms with E-state index in [0.717, 1.165) is 22.3 Å². The van der Waals surface area contributed by atoms with Crippen molar-refractivity contribution in [3.63, 3.8) is 0 Å². The smallest absolute Gasteiger partial charge is 0.411 e. The third kappa shape index (κ3) is 4.63. The predicted octanol–water partition coefficient (Wildman–Crippen LogP) is 3.57. The van der Waals surface area contributed by atoms with E-state index in [4.69, 9.17) is 4.74 Å². The van der Waals surface area contributed by atoms with E-state index >= 15 is 0 Å². The first-order chi connectivity index (χ1) is 16.4. The van der Waals surface area contributed by atoms with Crippen molar-refractivity contribution in [3.05, 3.63) is 72.1 Å². The van der Waals surface area contributed by atoms with Gasteiger partial charge in [-0.15, -0.1) is 0 Å². The summed E-state index contributed by atoms with van der Waals surface area (Å²) in [5.41, 5.74) is 4.92. The number of ether oxygens (including phenoxy) is 1. The second kappa shape index (κ2) is 9.78. The summed E-state index contributed by atoms with van der Waals surface area (Å²) in [5.74, 6) is -1.50. The Morgan fingerprint density at radius 2 is 1.74 bits per heavy atom. The number of fused-ring (bicyclic) bond motifs is 3. The highest BCUT2D eigenvalue weighted by molar-refractivity contribution is 5.85. The van der Waals surface area contributed by atoms with Crippen molar-refractivity contribution in [2.75, 3.05) is 19.0 Å². The number of aliphatic carboxylic acids is 1. The first kappa shape index (κ1) is 23.0. The minimum absolute atomic E-state index is 0.0465. The molecule has 3 aromatic rings. The molecular weight excluding hydrogens is 436 g/mol. The predicted molar refractivity (Wildman–Crippen MR) is 125 cm³/mol. The van der Waals surface area contributed by atoms with Gasteiger partial charge in [0.1, 0.15) is 19.2 Å². The SMILES string of the molecule is CCC(C(=O)O)N(C)C(=O)Cn1cc(NC(=O)OCC2c3ccccc3-c3ccccc32)cn1. The van der Waals surface area contributed by atoms with E-state index in [2.05, 4.69) is 22.5 Å². The number of aromatic nitrogens is 2. The van der Waals surface area contributed by atoms with Crippen LogP contribution in [0, 0.1) is 0 Å². The van der Waals surface area contributed by atoms with Crippen molar-refractivity contribution < 1.29 is 24.2 Å². The summed E-state index contributed by atoms with van der Waals surface area (Å²) in [4.78, 5) is 37.3. The van der Waals surface area contributed by atoms with E-state index in [1.165, 1.54) is 29.0 Å². The second-order valence-corrected chi connectivity index (χ2v) is 8.14. The summed E-state index contributed by atoms with van der Waals surface area (Å²) in [6.07, 6.45) is 2.57. The minimum Gasteiger partial charge on any atom is -0.480 e. The molecule has 1 aliphatic rings. The monoisotopic (exact) mass is 462 g/mol. The molecule has 1 heterocycles. The lowest BCUT2D eigenvalue weighted by molar-refractivity contribution is -0.149. The Balaban J connectivity index is 1.34. The summed E-state index contributed by atoms with van der Waals surface area (Å²) in [6, 6.07) is 15.3. The van der Waals surface area contributed by atoms with Gasteiger partial charge in [0.05, 0.1) is 11.9 Å². The van der Waals surface area contributed by atoms with E-state index in [1.807, 2.05) is 36.4 Å². The van der Waals surface area contributed by atoms with Gasteiger partial charge in [0.25, 0.3) is 0 Å². The fraction of sp³-hybridized carbons (Fsp3) is 0.280. The summed E-state index contributed by atoms with van der Waals surface area (Å²) < 4.78 is 6.86. The lowest BCUT2D eigenvalue weighted by Gasteiger charge is -2.23. The molecule has 2 N–H and O–H groups in total. The van der Waals surface area contributed by atoms with Gasteiger partial charge < -0.3 is 14.7 Å². The topological polar surface area (TPSA) is 114 Å². The molecule has 0 spiro atoms. The fourth-order valence-electron chi connectivity index (χ4n) is 4.31. The van der Waals surface area contributed by atoms with Crippen LogP contribution in [0.15, 0.2) is 60.9 Å². The van der Waals surface area contributed by atoms with Gasteiger partial charge >= 0.3 is 12.1 Å². The summed E-state index contributed by atoms with van der Waals surface area (Å²) in [6.45, 7) is 1.74. The van der Waals surface area contributed by atoms with E-state index in [0.29, 0.717) is 12.1 Å². The van der Waals surface area contributed by atoms with E-state index < -0.39 is 24.0 Å². The molecule has 0 saturated carbocycles. The molecule has 9 heteroatoms. The number of hydrogen-bond acceptors (Lipinski definition) is 5. The number of nitrogens with one attached hydrogen (secondary N) is 1. The third-order valence-electron chi connectivity index (χ3n) is 6.05. The maximum absolute atomic E-state index is 12.4. The quantitative estimate of drug-likeness (QED) is 0.529. The molecule has 4 rings (SSSR count). The van der Waals surface area contributed by atoms with Crippen molar-refractivity contribution >= 4 is 23.7 Å². The van der Waals surface area contributed by atoms with Crippen LogP contribution in [0.25, 0.3) is 11.1 Å². The van der Waals surface area contributed by atoms with Gasteiger partial charge in [-0.3, -0.25) is 14.8 Å². The normalized spacial score (nSPS) is 13.0. The summed E-state index contributed by atoms with van der Waals surface area (Å²) >= 11 is 0. The van der Waals surface area contributed by atoms with Gasteiger partial charge in [0.2, 0.25) is 5.91 Å². The number of carbonyl (C=O) groups excluding carboxylic acids is 2. The maximum atomic E-state index is 12.4. The van der Waals surface area contributed by atoms with E-state index in [9.17, 15) is 19.5 Å². The largest absolute Gasteiger partial charge is 0.480 e. The number of carbonyl (C=O) groups is 3. The van der Waals surface area contributed by atoms with Crippen LogP contribution in [0.1, 0.15) is 30.4 Å². The molecule has 0 aliphatic heterocycles. The molecule has 0 bridgehead atoms. The van der Waals surface area contributed by atoms with Gasteiger partial charge in [-0.2, -0.15) is 5.10 Å². The third-order valence-corrected chi connectivity index (χ3v) is 6.05. The molecule has 0 radical (unpaired) electrons. The zero-order valence-electron chi connectivity index (χ0n) is 19.0. The molecule has 1 unspecified atom stereocenters. The van der Waals surface area contributed by atoms with Crippen molar-refractivity contribution in [2.45, 2.75) is 31.8 Å². The number of hydrogen-bond donors (Lipinski definition) is 2. The lowest BCUT2D eigenvalue weighted by atomic mass is 9.98. The number of carboxylic acids is 1. The van der Waals surface area contributed by atoms with Crippen LogP contribution in [0.5, 0.6) is 0 Å². The maximum Gasteiger partial charge on any atom is 0.411 e. The Labute approximate surface area is 196 Å². The molecule has 1 aliphatic carbocycles. The van der Waals surface area contributed by atoms with Crippen LogP contribution >= 0.6 is 0 Å². The number of benzene rings is 2.